The number of hydrogen-bond donors (Lipinski definition) is 3. The molecule has 4 saturated carbocycles. The summed E-state index contributed by atoms with van der Waals surface area (Å²) >= 11 is 0. The Kier molecular flexibility index (Phi) is 5.42. The van der Waals surface area contributed by atoms with Gasteiger partial charge in [0.2, 0.25) is 11.8 Å². The van der Waals surface area contributed by atoms with Crippen LogP contribution in [0.15, 0.2) is 0 Å². The van der Waals surface area contributed by atoms with E-state index in [1.807, 2.05) is 20.8 Å². The molecule has 4 N–H and O–H groups in total. The molecule has 0 aromatic rings. The van der Waals surface area contributed by atoms with Crippen molar-refractivity contribution < 1.29 is 9.59 Å². The minimum absolute atomic E-state index is 0.0689. The van der Waals surface area contributed by atoms with E-state index in [4.69, 9.17) is 5.73 Å². The number of carbonyl (C=O) groups excluding carboxylic acids is 2. The minimum Gasteiger partial charge on any atom is -0.354 e. The highest BCUT2D eigenvalue weighted by atomic mass is 16.2. The molecule has 2 atom stereocenters. The van der Waals surface area contributed by atoms with Crippen LogP contribution in [-0.4, -0.2) is 30.4 Å². The first kappa shape index (κ1) is 18.7. The molecule has 142 valence electrons. The van der Waals surface area contributed by atoms with Crippen molar-refractivity contribution in [3.63, 3.8) is 0 Å². The van der Waals surface area contributed by atoms with Gasteiger partial charge in [-0.2, -0.15) is 0 Å². The topological polar surface area (TPSA) is 84.2 Å². The quantitative estimate of drug-likeness (QED) is 0.659. The molecule has 0 saturated heterocycles. The van der Waals surface area contributed by atoms with E-state index >= 15 is 0 Å². The summed E-state index contributed by atoms with van der Waals surface area (Å²) < 4.78 is 0. The summed E-state index contributed by atoms with van der Waals surface area (Å²) in [6.45, 7) is 6.49. The van der Waals surface area contributed by atoms with Crippen molar-refractivity contribution in [1.29, 1.82) is 0 Å². The molecule has 4 rings (SSSR count). The molecule has 5 heteroatoms. The summed E-state index contributed by atoms with van der Waals surface area (Å²) in [5.74, 6) is 2.33. The van der Waals surface area contributed by atoms with Gasteiger partial charge in [-0.1, -0.05) is 13.8 Å². The molecule has 0 radical (unpaired) electrons. The van der Waals surface area contributed by atoms with Gasteiger partial charge in [-0.3, -0.25) is 9.59 Å². The molecule has 4 fully saturated rings. The van der Waals surface area contributed by atoms with Gasteiger partial charge in [-0.25, -0.2) is 0 Å². The van der Waals surface area contributed by atoms with E-state index in [-0.39, 0.29) is 29.2 Å². The maximum absolute atomic E-state index is 13.2. The van der Waals surface area contributed by atoms with Gasteiger partial charge in [0.25, 0.3) is 0 Å². The lowest BCUT2D eigenvalue weighted by Gasteiger charge is -2.55. The summed E-state index contributed by atoms with van der Waals surface area (Å²) in [6.07, 6.45) is 7.79. The highest BCUT2D eigenvalue weighted by Crippen LogP contribution is 2.60. The van der Waals surface area contributed by atoms with E-state index in [0.29, 0.717) is 6.54 Å². The molecule has 2 unspecified atom stereocenters. The van der Waals surface area contributed by atoms with Crippen molar-refractivity contribution in [3.05, 3.63) is 0 Å². The second kappa shape index (κ2) is 7.26. The zero-order chi connectivity index (χ0) is 18.2. The van der Waals surface area contributed by atoms with Crippen LogP contribution in [0.25, 0.3) is 0 Å². The molecule has 4 aliphatic rings. The maximum atomic E-state index is 13.2. The second-order valence-corrected chi connectivity index (χ2v) is 9.45. The van der Waals surface area contributed by atoms with Gasteiger partial charge in [0, 0.05) is 18.0 Å². The van der Waals surface area contributed by atoms with E-state index in [9.17, 15) is 9.59 Å². The Morgan fingerprint density at radius 3 is 2.00 bits per heavy atom. The number of carbonyl (C=O) groups is 2. The Balaban J connectivity index is 1.62. The molecule has 0 aromatic carbocycles. The predicted octanol–water partition coefficient (Wildman–Crippen LogP) is 2.20. The Labute approximate surface area is 151 Å². The lowest BCUT2D eigenvalue weighted by molar-refractivity contribution is -0.149. The summed E-state index contributed by atoms with van der Waals surface area (Å²) in [5.41, 5.74) is 5.54. The van der Waals surface area contributed by atoms with Crippen LogP contribution in [0.4, 0.5) is 0 Å². The van der Waals surface area contributed by atoms with Crippen LogP contribution < -0.4 is 16.4 Å². The van der Waals surface area contributed by atoms with E-state index in [2.05, 4.69) is 10.6 Å². The van der Waals surface area contributed by atoms with Crippen LogP contribution >= 0.6 is 0 Å². The molecule has 0 aromatic heterocycles. The van der Waals surface area contributed by atoms with E-state index in [1.54, 1.807) is 0 Å². The number of amides is 2. The van der Waals surface area contributed by atoms with E-state index < -0.39 is 6.04 Å². The molecule has 25 heavy (non-hydrogen) atoms. The van der Waals surface area contributed by atoms with Gasteiger partial charge < -0.3 is 16.4 Å². The predicted molar refractivity (Wildman–Crippen MR) is 98.6 cm³/mol. The van der Waals surface area contributed by atoms with Crippen LogP contribution in [0.3, 0.4) is 0 Å². The largest absolute Gasteiger partial charge is 0.354 e. The number of rotatable bonds is 7. The molecule has 4 aliphatic carbocycles. The molecular weight excluding hydrogens is 314 g/mol. The Bertz CT molecular complexity index is 480. The SMILES string of the molecule is CC(N)CCNC(=O)C(NC(=O)C12CC3CC(CC(C3)C1)C2)C(C)C. The Hall–Kier alpha value is -1.10. The lowest BCUT2D eigenvalue weighted by Crippen LogP contribution is -2.58. The average Bonchev–Trinajstić information content (AvgIpc) is 2.50. The molecule has 4 bridgehead atoms. The number of hydrogen-bond acceptors (Lipinski definition) is 3. The van der Waals surface area contributed by atoms with Gasteiger partial charge >= 0.3 is 0 Å². The van der Waals surface area contributed by atoms with Crippen molar-refractivity contribution >= 4 is 11.8 Å². The fraction of sp³-hybridized carbons (Fsp3) is 0.900. The highest BCUT2D eigenvalue weighted by Gasteiger charge is 2.55. The Morgan fingerprint density at radius 2 is 1.56 bits per heavy atom. The summed E-state index contributed by atoms with van der Waals surface area (Å²) in [7, 11) is 0. The fourth-order valence-electron chi connectivity index (χ4n) is 5.75. The normalized spacial score (nSPS) is 35.5. The number of nitrogens with two attached hydrogens (primary N) is 1. The summed E-state index contributed by atoms with van der Waals surface area (Å²) in [5, 5.41) is 6.07. The third-order valence-electron chi connectivity index (χ3n) is 6.65. The van der Waals surface area contributed by atoms with Crippen LogP contribution in [0, 0.1) is 29.1 Å². The van der Waals surface area contributed by atoms with Crippen LogP contribution in [0.5, 0.6) is 0 Å². The van der Waals surface area contributed by atoms with Crippen LogP contribution in [0.1, 0.15) is 65.7 Å². The van der Waals surface area contributed by atoms with Crippen molar-refractivity contribution in [1.82, 2.24) is 10.6 Å². The van der Waals surface area contributed by atoms with Crippen LogP contribution in [-0.2, 0) is 9.59 Å². The molecule has 0 heterocycles. The smallest absolute Gasteiger partial charge is 0.242 e. The van der Waals surface area contributed by atoms with Gasteiger partial charge in [-0.05, 0) is 75.5 Å². The molecular formula is C20H35N3O2. The lowest BCUT2D eigenvalue weighted by atomic mass is 9.49. The summed E-state index contributed by atoms with van der Waals surface area (Å²) in [4.78, 5) is 25.7. The molecule has 0 spiro atoms. The minimum atomic E-state index is -0.450. The van der Waals surface area contributed by atoms with Crippen LogP contribution in [0.2, 0.25) is 0 Å². The number of nitrogens with one attached hydrogen (secondary N) is 2. The van der Waals surface area contributed by atoms with Gasteiger partial charge in [-0.15, -0.1) is 0 Å². The second-order valence-electron chi connectivity index (χ2n) is 9.45. The standard InChI is InChI=1S/C20H35N3O2/c1-12(2)17(18(24)22-5-4-13(3)21)23-19(25)20-9-14-6-15(10-20)8-16(7-14)11-20/h12-17H,4-11,21H2,1-3H3,(H,22,24)(H,23,25). The first-order valence-electron chi connectivity index (χ1n) is 10.1. The average molecular weight is 350 g/mol. The monoisotopic (exact) mass is 349 g/mol. The molecule has 0 aliphatic heterocycles. The zero-order valence-electron chi connectivity index (χ0n) is 16.0. The van der Waals surface area contributed by atoms with E-state index in [0.717, 1.165) is 43.4 Å². The first-order valence-corrected chi connectivity index (χ1v) is 10.1. The third-order valence-corrected chi connectivity index (χ3v) is 6.65. The van der Waals surface area contributed by atoms with Gasteiger partial charge in [0.15, 0.2) is 0 Å². The van der Waals surface area contributed by atoms with Gasteiger partial charge in [0.1, 0.15) is 6.04 Å². The molecule has 2 amide bonds. The molecule has 5 nitrogen and oxygen atoms in total. The van der Waals surface area contributed by atoms with Crippen molar-refractivity contribution in [2.24, 2.45) is 34.8 Å². The van der Waals surface area contributed by atoms with Gasteiger partial charge in [0.05, 0.1) is 0 Å². The fourth-order valence-corrected chi connectivity index (χ4v) is 5.75. The highest BCUT2D eigenvalue weighted by molar-refractivity contribution is 5.90. The van der Waals surface area contributed by atoms with Crippen molar-refractivity contribution in [2.75, 3.05) is 6.54 Å². The maximum Gasteiger partial charge on any atom is 0.242 e. The Morgan fingerprint density at radius 1 is 1.04 bits per heavy atom. The first-order chi connectivity index (χ1) is 11.8. The van der Waals surface area contributed by atoms with Crippen molar-refractivity contribution in [2.45, 2.75) is 77.8 Å². The van der Waals surface area contributed by atoms with E-state index in [1.165, 1.54) is 19.3 Å². The van der Waals surface area contributed by atoms with Crippen molar-refractivity contribution in [3.8, 4) is 0 Å². The third kappa shape index (κ3) is 4.02. The summed E-state index contributed by atoms with van der Waals surface area (Å²) in [6, 6.07) is -0.381. The zero-order valence-corrected chi connectivity index (χ0v) is 16.0.